The fraction of sp³-hybridized carbons (Fsp3) is 0.500. The van der Waals surface area contributed by atoms with Gasteiger partial charge in [0.2, 0.25) is 0 Å². The average Bonchev–Trinajstić information content (AvgIpc) is 2.36. The molecule has 0 radical (unpaired) electrons. The Kier molecular flexibility index (Phi) is 7.20. The zero-order valence-electron chi connectivity index (χ0n) is 11.0. The minimum Gasteiger partial charge on any atom is -0.465 e. The van der Waals surface area contributed by atoms with Gasteiger partial charge < -0.3 is 4.74 Å². The molecule has 1 aromatic rings. The topological polar surface area (TPSA) is 9.23 Å². The third-order valence-corrected chi connectivity index (χ3v) is 2.98. The van der Waals surface area contributed by atoms with Crippen LogP contribution in [0.3, 0.4) is 0 Å². The lowest BCUT2D eigenvalue weighted by atomic mass is 10.0. The standard InChI is InChI=1S/C16H24O/c1-3-5-6-7-8-9-12-15-13-10-11-14-16(15)17-4-2/h4,10-11,13-14H,2-3,5-9,12H2,1H3. The van der Waals surface area contributed by atoms with Gasteiger partial charge >= 0.3 is 0 Å². The third-order valence-electron chi connectivity index (χ3n) is 2.98. The minimum absolute atomic E-state index is 0.955. The Morgan fingerprint density at radius 1 is 1.06 bits per heavy atom. The van der Waals surface area contributed by atoms with Crippen molar-refractivity contribution >= 4 is 0 Å². The lowest BCUT2D eigenvalue weighted by molar-refractivity contribution is 0.474. The summed E-state index contributed by atoms with van der Waals surface area (Å²) < 4.78 is 5.40. The Hall–Kier alpha value is -1.24. The fourth-order valence-corrected chi connectivity index (χ4v) is 2.01. The van der Waals surface area contributed by atoms with Crippen LogP contribution in [0.25, 0.3) is 0 Å². The van der Waals surface area contributed by atoms with Gasteiger partial charge in [-0.3, -0.25) is 0 Å². The van der Waals surface area contributed by atoms with Crippen molar-refractivity contribution in [1.82, 2.24) is 0 Å². The predicted molar refractivity (Wildman–Crippen MR) is 74.3 cm³/mol. The molecule has 0 aliphatic rings. The van der Waals surface area contributed by atoms with Crippen molar-refractivity contribution in [3.05, 3.63) is 42.7 Å². The van der Waals surface area contributed by atoms with Gasteiger partial charge in [0.15, 0.2) is 0 Å². The van der Waals surface area contributed by atoms with Crippen molar-refractivity contribution in [2.45, 2.75) is 51.9 Å². The van der Waals surface area contributed by atoms with Crippen LogP contribution in [-0.2, 0) is 6.42 Å². The maximum absolute atomic E-state index is 5.40. The monoisotopic (exact) mass is 232 g/mol. The van der Waals surface area contributed by atoms with Crippen LogP contribution in [0.2, 0.25) is 0 Å². The van der Waals surface area contributed by atoms with Gasteiger partial charge in [0.05, 0.1) is 6.26 Å². The zero-order valence-corrected chi connectivity index (χ0v) is 11.0. The fourth-order valence-electron chi connectivity index (χ4n) is 2.01. The van der Waals surface area contributed by atoms with E-state index >= 15 is 0 Å². The first-order valence-corrected chi connectivity index (χ1v) is 6.74. The van der Waals surface area contributed by atoms with Gasteiger partial charge in [-0.15, -0.1) is 0 Å². The van der Waals surface area contributed by atoms with Crippen molar-refractivity contribution in [3.63, 3.8) is 0 Å². The predicted octanol–water partition coefficient (Wildman–Crippen LogP) is 5.11. The number of hydrogen-bond donors (Lipinski definition) is 0. The molecule has 1 nitrogen and oxygen atoms in total. The molecular formula is C16H24O. The molecule has 0 saturated heterocycles. The van der Waals surface area contributed by atoms with Crippen LogP contribution < -0.4 is 4.74 Å². The van der Waals surface area contributed by atoms with E-state index < -0.39 is 0 Å². The third kappa shape index (κ3) is 5.58. The maximum atomic E-state index is 5.40. The molecule has 0 unspecified atom stereocenters. The van der Waals surface area contributed by atoms with E-state index in [0.29, 0.717) is 0 Å². The van der Waals surface area contributed by atoms with E-state index in [-0.39, 0.29) is 0 Å². The first-order chi connectivity index (χ1) is 8.38. The molecule has 94 valence electrons. The summed E-state index contributed by atoms with van der Waals surface area (Å²) >= 11 is 0. The Balaban J connectivity index is 2.28. The van der Waals surface area contributed by atoms with Gasteiger partial charge in [-0.25, -0.2) is 0 Å². The smallest absolute Gasteiger partial charge is 0.129 e. The molecule has 0 aliphatic carbocycles. The molecule has 0 aromatic heterocycles. The molecule has 0 spiro atoms. The summed E-state index contributed by atoms with van der Waals surface area (Å²) in [7, 11) is 0. The number of para-hydroxylation sites is 1. The highest BCUT2D eigenvalue weighted by atomic mass is 16.5. The summed E-state index contributed by atoms with van der Waals surface area (Å²) in [4.78, 5) is 0. The summed E-state index contributed by atoms with van der Waals surface area (Å²) in [6.45, 7) is 5.86. The van der Waals surface area contributed by atoms with E-state index in [1.54, 1.807) is 0 Å². The number of unbranched alkanes of at least 4 members (excludes halogenated alkanes) is 5. The summed E-state index contributed by atoms with van der Waals surface area (Å²) in [5, 5.41) is 0. The van der Waals surface area contributed by atoms with Crippen molar-refractivity contribution in [2.24, 2.45) is 0 Å². The minimum atomic E-state index is 0.955. The second-order valence-electron chi connectivity index (χ2n) is 4.41. The number of rotatable bonds is 9. The number of benzene rings is 1. The zero-order chi connectivity index (χ0) is 12.3. The lowest BCUT2D eigenvalue weighted by Gasteiger charge is -2.07. The van der Waals surface area contributed by atoms with Crippen molar-refractivity contribution in [2.75, 3.05) is 0 Å². The summed E-state index contributed by atoms with van der Waals surface area (Å²) in [6, 6.07) is 8.23. The number of hydrogen-bond acceptors (Lipinski definition) is 1. The molecule has 17 heavy (non-hydrogen) atoms. The van der Waals surface area contributed by atoms with Crippen LogP contribution >= 0.6 is 0 Å². The Morgan fingerprint density at radius 2 is 1.76 bits per heavy atom. The van der Waals surface area contributed by atoms with E-state index in [0.717, 1.165) is 12.2 Å². The summed E-state index contributed by atoms with van der Waals surface area (Å²) in [5.41, 5.74) is 1.29. The van der Waals surface area contributed by atoms with E-state index in [9.17, 15) is 0 Å². The normalized spacial score (nSPS) is 10.2. The van der Waals surface area contributed by atoms with Gasteiger partial charge in [-0.2, -0.15) is 0 Å². The first kappa shape index (κ1) is 13.8. The SMILES string of the molecule is C=COc1ccccc1CCCCCCCC. The molecule has 0 amide bonds. The molecule has 1 heteroatoms. The molecule has 0 atom stereocenters. The van der Waals surface area contributed by atoms with Crippen LogP contribution in [0.4, 0.5) is 0 Å². The van der Waals surface area contributed by atoms with Gasteiger partial charge in [0, 0.05) is 0 Å². The Labute approximate surface area is 106 Å². The van der Waals surface area contributed by atoms with E-state index in [2.05, 4.69) is 25.6 Å². The molecule has 0 saturated carbocycles. The van der Waals surface area contributed by atoms with Crippen LogP contribution in [0.15, 0.2) is 37.1 Å². The Bertz CT molecular complexity index is 317. The average molecular weight is 232 g/mol. The highest BCUT2D eigenvalue weighted by Crippen LogP contribution is 2.20. The molecule has 0 heterocycles. The van der Waals surface area contributed by atoms with Gasteiger partial charge in [0.25, 0.3) is 0 Å². The number of ether oxygens (including phenoxy) is 1. The van der Waals surface area contributed by atoms with Crippen molar-refractivity contribution < 1.29 is 4.74 Å². The van der Waals surface area contributed by atoms with Crippen molar-refractivity contribution in [1.29, 1.82) is 0 Å². The highest BCUT2D eigenvalue weighted by Gasteiger charge is 2.01. The molecular weight excluding hydrogens is 208 g/mol. The van der Waals surface area contributed by atoms with Gasteiger partial charge in [0.1, 0.15) is 5.75 Å². The largest absolute Gasteiger partial charge is 0.465 e. The maximum Gasteiger partial charge on any atom is 0.129 e. The van der Waals surface area contributed by atoms with Crippen LogP contribution in [0, 0.1) is 0 Å². The molecule has 0 fully saturated rings. The summed E-state index contributed by atoms with van der Waals surface area (Å²) in [5.74, 6) is 0.955. The van der Waals surface area contributed by atoms with Crippen LogP contribution in [0.1, 0.15) is 51.0 Å². The Morgan fingerprint density at radius 3 is 2.53 bits per heavy atom. The molecule has 1 aromatic carbocycles. The highest BCUT2D eigenvalue weighted by molar-refractivity contribution is 5.33. The van der Waals surface area contributed by atoms with Crippen molar-refractivity contribution in [3.8, 4) is 5.75 Å². The van der Waals surface area contributed by atoms with E-state index in [1.165, 1.54) is 50.4 Å². The molecule has 1 rings (SSSR count). The van der Waals surface area contributed by atoms with E-state index in [4.69, 9.17) is 4.74 Å². The lowest BCUT2D eigenvalue weighted by Crippen LogP contribution is -1.91. The van der Waals surface area contributed by atoms with E-state index in [1.807, 2.05) is 12.1 Å². The van der Waals surface area contributed by atoms with Crippen LogP contribution in [-0.4, -0.2) is 0 Å². The molecule has 0 N–H and O–H groups in total. The van der Waals surface area contributed by atoms with Gasteiger partial charge in [-0.05, 0) is 24.5 Å². The quantitative estimate of drug-likeness (QED) is 0.424. The first-order valence-electron chi connectivity index (χ1n) is 6.74. The second-order valence-corrected chi connectivity index (χ2v) is 4.41. The molecule has 0 bridgehead atoms. The van der Waals surface area contributed by atoms with Crippen LogP contribution in [0.5, 0.6) is 5.75 Å². The number of aryl methyl sites for hydroxylation is 1. The molecule has 0 aliphatic heterocycles. The van der Waals surface area contributed by atoms with Gasteiger partial charge in [-0.1, -0.05) is 63.8 Å². The second kappa shape index (κ2) is 8.86. The summed E-state index contributed by atoms with van der Waals surface area (Å²) in [6.07, 6.45) is 10.6.